The zero-order valence-electron chi connectivity index (χ0n) is 24.5. The Balaban J connectivity index is 1.18. The fraction of sp³-hybridized carbons (Fsp3) is 0.419. The fourth-order valence-electron chi connectivity index (χ4n) is 5.31. The van der Waals surface area contributed by atoms with Crippen molar-refractivity contribution in [3.8, 4) is 0 Å². The number of aryl methyl sites for hydroxylation is 1. The molecular weight excluding hydrogens is 577 g/mol. The second-order valence-corrected chi connectivity index (χ2v) is 11.8. The first kappa shape index (κ1) is 30.7. The maximum atomic E-state index is 13.2. The molecule has 3 aromatic rings. The second kappa shape index (κ2) is 12.8. The predicted molar refractivity (Wildman–Crippen MR) is 162 cm³/mol. The van der Waals surface area contributed by atoms with Crippen LogP contribution in [0, 0.1) is 13.8 Å². The molecule has 0 unspecified atom stereocenters. The van der Waals surface area contributed by atoms with Gasteiger partial charge >= 0.3 is 6.18 Å². The van der Waals surface area contributed by atoms with Gasteiger partial charge in [0.25, 0.3) is 5.91 Å². The fourth-order valence-corrected chi connectivity index (χ4v) is 6.16. The number of carbonyl (C=O) groups is 2. The standard InChI is InChI=1S/C31H35F3N6O2S/c1-21-22(2)35-30(36-28(21)39-15-13-38(14-16-39)27-6-4-5-26(19-27)31(32,33)34)43-20-24-7-9-25(10-8-24)29(42)40-17-11-37(12-18-40)23(3)41/h4-10,19H,11-18,20H2,1-3H3. The minimum absolute atomic E-state index is 0.0299. The number of amides is 2. The summed E-state index contributed by atoms with van der Waals surface area (Å²) in [5, 5.41) is 0.655. The third-order valence-corrected chi connectivity index (χ3v) is 8.96. The van der Waals surface area contributed by atoms with E-state index in [0.29, 0.717) is 74.5 Å². The van der Waals surface area contributed by atoms with E-state index in [1.807, 2.05) is 43.0 Å². The summed E-state index contributed by atoms with van der Waals surface area (Å²) >= 11 is 1.52. The van der Waals surface area contributed by atoms with E-state index >= 15 is 0 Å². The van der Waals surface area contributed by atoms with Crippen molar-refractivity contribution in [2.24, 2.45) is 0 Å². The summed E-state index contributed by atoms with van der Waals surface area (Å²) in [5.74, 6) is 1.49. The van der Waals surface area contributed by atoms with E-state index in [2.05, 4.69) is 9.88 Å². The topological polar surface area (TPSA) is 72.9 Å². The summed E-state index contributed by atoms with van der Waals surface area (Å²) in [6.45, 7) is 10.1. The second-order valence-electron chi connectivity index (χ2n) is 10.8. The molecule has 8 nitrogen and oxygen atoms in total. The van der Waals surface area contributed by atoms with Crippen molar-refractivity contribution in [1.82, 2.24) is 19.8 Å². The van der Waals surface area contributed by atoms with Gasteiger partial charge in [-0.05, 0) is 49.7 Å². The summed E-state index contributed by atoms with van der Waals surface area (Å²) in [4.78, 5) is 41.7. The first-order chi connectivity index (χ1) is 20.5. The SMILES string of the molecule is CC(=O)N1CCN(C(=O)c2ccc(CSc3nc(C)c(C)c(N4CCN(c5cccc(C(F)(F)F)c5)CC4)n3)cc2)CC1. The summed E-state index contributed by atoms with van der Waals surface area (Å²) in [7, 11) is 0. The third kappa shape index (κ3) is 7.23. The molecule has 0 radical (unpaired) electrons. The molecule has 5 rings (SSSR count). The molecule has 2 aromatic carbocycles. The van der Waals surface area contributed by atoms with Crippen LogP contribution in [0.15, 0.2) is 53.7 Å². The van der Waals surface area contributed by atoms with E-state index in [-0.39, 0.29) is 11.8 Å². The van der Waals surface area contributed by atoms with Crippen LogP contribution >= 0.6 is 11.8 Å². The number of anilines is 2. The van der Waals surface area contributed by atoms with Gasteiger partial charge in [0, 0.05) is 87.5 Å². The lowest BCUT2D eigenvalue weighted by atomic mass is 10.1. The molecule has 2 aliphatic rings. The molecule has 2 aliphatic heterocycles. The van der Waals surface area contributed by atoms with Crippen molar-refractivity contribution in [1.29, 1.82) is 0 Å². The van der Waals surface area contributed by atoms with Crippen molar-refractivity contribution >= 4 is 35.1 Å². The van der Waals surface area contributed by atoms with Crippen molar-refractivity contribution in [2.75, 3.05) is 62.2 Å². The van der Waals surface area contributed by atoms with Crippen molar-refractivity contribution in [3.63, 3.8) is 0 Å². The highest BCUT2D eigenvalue weighted by atomic mass is 32.2. The zero-order valence-corrected chi connectivity index (χ0v) is 25.3. The quantitative estimate of drug-likeness (QED) is 0.286. The minimum Gasteiger partial charge on any atom is -0.368 e. The number of carbonyl (C=O) groups excluding carboxylic acids is 2. The molecule has 2 fully saturated rings. The number of alkyl halides is 3. The maximum Gasteiger partial charge on any atom is 0.416 e. The van der Waals surface area contributed by atoms with Gasteiger partial charge in [-0.3, -0.25) is 9.59 Å². The highest BCUT2D eigenvalue weighted by molar-refractivity contribution is 7.98. The monoisotopic (exact) mass is 612 g/mol. The highest BCUT2D eigenvalue weighted by Crippen LogP contribution is 2.33. The van der Waals surface area contributed by atoms with Gasteiger partial charge < -0.3 is 19.6 Å². The van der Waals surface area contributed by atoms with Gasteiger partial charge in [0.2, 0.25) is 5.91 Å². The summed E-state index contributed by atoms with van der Waals surface area (Å²) in [5.41, 5.74) is 3.48. The average molecular weight is 613 g/mol. The lowest BCUT2D eigenvalue weighted by molar-refractivity contribution is -0.137. The van der Waals surface area contributed by atoms with E-state index in [4.69, 9.17) is 4.98 Å². The van der Waals surface area contributed by atoms with Gasteiger partial charge in [-0.25, -0.2) is 9.97 Å². The molecular formula is C31H35F3N6O2S. The summed E-state index contributed by atoms with van der Waals surface area (Å²) in [6.07, 6.45) is -4.37. The number of benzene rings is 2. The van der Waals surface area contributed by atoms with Crippen LogP contribution in [0.25, 0.3) is 0 Å². The van der Waals surface area contributed by atoms with Crippen molar-refractivity contribution in [3.05, 3.63) is 76.5 Å². The van der Waals surface area contributed by atoms with Gasteiger partial charge in [0.1, 0.15) is 5.82 Å². The molecule has 0 spiro atoms. The van der Waals surface area contributed by atoms with Gasteiger partial charge in [0.05, 0.1) is 5.56 Å². The molecule has 43 heavy (non-hydrogen) atoms. The van der Waals surface area contributed by atoms with Crippen LogP contribution in [0.3, 0.4) is 0 Å². The number of hydrogen-bond acceptors (Lipinski definition) is 7. The smallest absolute Gasteiger partial charge is 0.368 e. The number of thioether (sulfide) groups is 1. The Morgan fingerprint density at radius 2 is 1.47 bits per heavy atom. The van der Waals surface area contributed by atoms with Crippen LogP contribution in [-0.2, 0) is 16.7 Å². The molecule has 0 N–H and O–H groups in total. The number of piperazine rings is 2. The molecule has 0 bridgehead atoms. The van der Waals surface area contributed by atoms with Crippen LogP contribution in [0.4, 0.5) is 24.7 Å². The van der Waals surface area contributed by atoms with E-state index in [1.54, 1.807) is 22.8 Å². The first-order valence-corrected chi connectivity index (χ1v) is 15.3. The third-order valence-electron chi connectivity index (χ3n) is 8.04. The van der Waals surface area contributed by atoms with Crippen LogP contribution in [0.1, 0.15) is 39.7 Å². The molecule has 2 saturated heterocycles. The lowest BCUT2D eigenvalue weighted by Crippen LogP contribution is -2.50. The molecule has 2 amide bonds. The number of nitrogens with zero attached hydrogens (tertiary/aromatic N) is 6. The van der Waals surface area contributed by atoms with E-state index in [0.717, 1.165) is 28.7 Å². The number of rotatable bonds is 6. The Hall–Kier alpha value is -3.80. The molecule has 0 aliphatic carbocycles. The van der Waals surface area contributed by atoms with E-state index < -0.39 is 11.7 Å². The largest absolute Gasteiger partial charge is 0.416 e. The Kier molecular flexibility index (Phi) is 9.14. The highest BCUT2D eigenvalue weighted by Gasteiger charge is 2.31. The number of halogens is 3. The number of aromatic nitrogens is 2. The molecule has 12 heteroatoms. The normalized spacial score (nSPS) is 16.0. The Bertz CT molecular complexity index is 1470. The number of hydrogen-bond donors (Lipinski definition) is 0. The van der Waals surface area contributed by atoms with Crippen LogP contribution in [0.2, 0.25) is 0 Å². The Morgan fingerprint density at radius 3 is 2.09 bits per heavy atom. The van der Waals surface area contributed by atoms with Gasteiger partial charge in [0.15, 0.2) is 5.16 Å². The molecule has 3 heterocycles. The average Bonchev–Trinajstić information content (AvgIpc) is 3.01. The van der Waals surface area contributed by atoms with Crippen molar-refractivity contribution in [2.45, 2.75) is 37.9 Å². The van der Waals surface area contributed by atoms with Crippen LogP contribution in [-0.4, -0.2) is 83.9 Å². The van der Waals surface area contributed by atoms with Crippen LogP contribution in [0.5, 0.6) is 0 Å². The zero-order chi connectivity index (χ0) is 30.7. The predicted octanol–water partition coefficient (Wildman–Crippen LogP) is 5.04. The van der Waals surface area contributed by atoms with E-state index in [1.165, 1.54) is 23.9 Å². The first-order valence-electron chi connectivity index (χ1n) is 14.3. The summed E-state index contributed by atoms with van der Waals surface area (Å²) in [6, 6.07) is 13.1. The molecule has 228 valence electrons. The van der Waals surface area contributed by atoms with Gasteiger partial charge in [-0.2, -0.15) is 13.2 Å². The Morgan fingerprint density at radius 1 is 0.837 bits per heavy atom. The van der Waals surface area contributed by atoms with Crippen molar-refractivity contribution < 1.29 is 22.8 Å². The Labute approximate surface area is 253 Å². The molecule has 0 saturated carbocycles. The molecule has 1 aromatic heterocycles. The summed E-state index contributed by atoms with van der Waals surface area (Å²) < 4.78 is 39.6. The van der Waals surface area contributed by atoms with Gasteiger partial charge in [-0.15, -0.1) is 0 Å². The maximum absolute atomic E-state index is 13.2. The van der Waals surface area contributed by atoms with E-state index in [9.17, 15) is 22.8 Å². The minimum atomic E-state index is -4.37. The van der Waals surface area contributed by atoms with Crippen LogP contribution < -0.4 is 9.80 Å². The molecule has 0 atom stereocenters. The lowest BCUT2D eigenvalue weighted by Gasteiger charge is -2.37. The van der Waals surface area contributed by atoms with Gasteiger partial charge in [-0.1, -0.05) is 30.0 Å².